The maximum absolute atomic E-state index is 5.47. The first-order chi connectivity index (χ1) is 8.78. The molecule has 0 radical (unpaired) electrons. The van der Waals surface area contributed by atoms with Crippen LogP contribution < -0.4 is 14.2 Å². The molecule has 0 fully saturated rings. The van der Waals surface area contributed by atoms with Crippen molar-refractivity contribution in [2.45, 2.75) is 6.92 Å². The van der Waals surface area contributed by atoms with E-state index >= 15 is 0 Å². The summed E-state index contributed by atoms with van der Waals surface area (Å²) in [6, 6.07) is 5.43. The minimum Gasteiger partial charge on any atom is -0.497 e. The van der Waals surface area contributed by atoms with E-state index in [1.807, 2.05) is 19.1 Å². The van der Waals surface area contributed by atoms with Crippen molar-refractivity contribution in [1.82, 2.24) is 4.98 Å². The molecule has 0 aliphatic heterocycles. The molecule has 5 nitrogen and oxygen atoms in total. The molecule has 1 heterocycles. The van der Waals surface area contributed by atoms with E-state index in [0.717, 1.165) is 5.56 Å². The van der Waals surface area contributed by atoms with Crippen molar-refractivity contribution < 1.29 is 18.6 Å². The summed E-state index contributed by atoms with van der Waals surface area (Å²) in [6.07, 6.45) is 1.54. The zero-order valence-corrected chi connectivity index (χ0v) is 10.6. The van der Waals surface area contributed by atoms with E-state index in [-0.39, 0.29) is 0 Å². The number of rotatable bonds is 5. The highest BCUT2D eigenvalue weighted by molar-refractivity contribution is 5.64. The van der Waals surface area contributed by atoms with Crippen molar-refractivity contribution in [2.24, 2.45) is 0 Å². The zero-order valence-electron chi connectivity index (χ0n) is 10.6. The van der Waals surface area contributed by atoms with Crippen molar-refractivity contribution in [3.05, 3.63) is 24.4 Å². The Morgan fingerprint density at radius 1 is 1.22 bits per heavy atom. The monoisotopic (exact) mass is 249 g/mol. The fourth-order valence-electron chi connectivity index (χ4n) is 1.57. The van der Waals surface area contributed by atoms with Crippen LogP contribution >= 0.6 is 0 Å². The predicted molar refractivity (Wildman–Crippen MR) is 66.2 cm³/mol. The Morgan fingerprint density at radius 2 is 2.06 bits per heavy atom. The summed E-state index contributed by atoms with van der Waals surface area (Å²) in [4.78, 5) is 4.16. The van der Waals surface area contributed by atoms with Gasteiger partial charge in [0.25, 0.3) is 0 Å². The summed E-state index contributed by atoms with van der Waals surface area (Å²) in [6.45, 7) is 2.42. The third-order valence-corrected chi connectivity index (χ3v) is 2.41. The average molecular weight is 249 g/mol. The molecule has 0 unspecified atom stereocenters. The molecule has 0 aliphatic rings. The van der Waals surface area contributed by atoms with Crippen LogP contribution in [-0.2, 0) is 0 Å². The summed E-state index contributed by atoms with van der Waals surface area (Å²) in [7, 11) is 3.19. The van der Waals surface area contributed by atoms with Crippen LogP contribution in [0.25, 0.3) is 11.5 Å². The maximum atomic E-state index is 5.47. The third-order valence-electron chi connectivity index (χ3n) is 2.41. The van der Waals surface area contributed by atoms with E-state index in [2.05, 4.69) is 4.98 Å². The molecule has 5 heteroatoms. The third kappa shape index (κ3) is 2.40. The van der Waals surface area contributed by atoms with Gasteiger partial charge in [-0.05, 0) is 19.1 Å². The standard InChI is InChI=1S/C13H15NO4/c1-4-17-12-8-14-13(18-12)10-6-5-9(15-2)7-11(10)16-3/h5-8H,4H2,1-3H3. The minimum atomic E-state index is 0.394. The zero-order chi connectivity index (χ0) is 13.0. The lowest BCUT2D eigenvalue weighted by atomic mass is 10.2. The molecule has 18 heavy (non-hydrogen) atoms. The highest BCUT2D eigenvalue weighted by atomic mass is 16.6. The second kappa shape index (κ2) is 5.44. The number of oxazole rings is 1. The topological polar surface area (TPSA) is 53.7 Å². The van der Waals surface area contributed by atoms with Crippen LogP contribution in [0.2, 0.25) is 0 Å². The number of benzene rings is 1. The molecule has 0 N–H and O–H groups in total. The fourth-order valence-corrected chi connectivity index (χ4v) is 1.57. The Hall–Kier alpha value is -2.17. The predicted octanol–water partition coefficient (Wildman–Crippen LogP) is 2.76. The van der Waals surface area contributed by atoms with E-state index in [4.69, 9.17) is 18.6 Å². The van der Waals surface area contributed by atoms with Gasteiger partial charge in [0.05, 0.1) is 26.4 Å². The average Bonchev–Trinajstić information content (AvgIpc) is 2.87. The van der Waals surface area contributed by atoms with Gasteiger partial charge in [-0.15, -0.1) is 0 Å². The first kappa shape index (κ1) is 12.3. The van der Waals surface area contributed by atoms with Crippen molar-refractivity contribution in [1.29, 1.82) is 0 Å². The Bertz CT molecular complexity index is 521. The van der Waals surface area contributed by atoms with Gasteiger partial charge in [-0.2, -0.15) is 0 Å². The molecule has 96 valence electrons. The summed E-state index contributed by atoms with van der Waals surface area (Å²) in [5, 5.41) is 0. The Morgan fingerprint density at radius 3 is 2.72 bits per heavy atom. The van der Waals surface area contributed by atoms with Crippen LogP contribution in [0.15, 0.2) is 28.8 Å². The summed E-state index contributed by atoms with van der Waals surface area (Å²) < 4.78 is 21.1. The van der Waals surface area contributed by atoms with Crippen LogP contribution in [0.3, 0.4) is 0 Å². The van der Waals surface area contributed by atoms with E-state index in [1.54, 1.807) is 26.5 Å². The van der Waals surface area contributed by atoms with Gasteiger partial charge in [-0.1, -0.05) is 0 Å². The van der Waals surface area contributed by atoms with Crippen LogP contribution in [0.5, 0.6) is 17.4 Å². The Labute approximate surface area is 105 Å². The van der Waals surface area contributed by atoms with E-state index in [9.17, 15) is 0 Å². The first-order valence-electron chi connectivity index (χ1n) is 5.59. The highest BCUT2D eigenvalue weighted by Crippen LogP contribution is 2.34. The summed E-state index contributed by atoms with van der Waals surface area (Å²) >= 11 is 0. The molecule has 0 saturated heterocycles. The molecule has 2 rings (SSSR count). The molecule has 2 aromatic rings. The van der Waals surface area contributed by atoms with Gasteiger partial charge < -0.3 is 18.6 Å². The van der Waals surface area contributed by atoms with Gasteiger partial charge in [0.2, 0.25) is 5.89 Å². The van der Waals surface area contributed by atoms with E-state index < -0.39 is 0 Å². The lowest BCUT2D eigenvalue weighted by Gasteiger charge is -2.07. The van der Waals surface area contributed by atoms with Crippen LogP contribution in [-0.4, -0.2) is 25.8 Å². The van der Waals surface area contributed by atoms with E-state index in [0.29, 0.717) is 29.9 Å². The van der Waals surface area contributed by atoms with Gasteiger partial charge in [-0.3, -0.25) is 0 Å². The van der Waals surface area contributed by atoms with Gasteiger partial charge >= 0.3 is 5.95 Å². The summed E-state index contributed by atoms with van der Waals surface area (Å²) in [5.41, 5.74) is 0.754. The molecule has 1 aromatic carbocycles. The number of nitrogens with zero attached hydrogens (tertiary/aromatic N) is 1. The van der Waals surface area contributed by atoms with Crippen molar-refractivity contribution >= 4 is 0 Å². The molecule has 0 saturated carbocycles. The molecule has 0 bridgehead atoms. The van der Waals surface area contributed by atoms with Gasteiger partial charge in [0, 0.05) is 6.07 Å². The Balaban J connectivity index is 2.36. The first-order valence-corrected chi connectivity index (χ1v) is 5.59. The SMILES string of the molecule is CCOc1cnc(-c2ccc(OC)cc2OC)o1. The second-order valence-corrected chi connectivity index (χ2v) is 3.48. The van der Waals surface area contributed by atoms with Gasteiger partial charge in [0.1, 0.15) is 17.7 Å². The molecular formula is C13H15NO4. The smallest absolute Gasteiger partial charge is 0.305 e. The lowest BCUT2D eigenvalue weighted by Crippen LogP contribution is -1.90. The summed E-state index contributed by atoms with van der Waals surface area (Å²) in [5.74, 6) is 2.20. The molecule has 0 amide bonds. The van der Waals surface area contributed by atoms with Crippen LogP contribution in [0.4, 0.5) is 0 Å². The van der Waals surface area contributed by atoms with Crippen LogP contribution in [0.1, 0.15) is 6.92 Å². The molecular weight excluding hydrogens is 234 g/mol. The second-order valence-electron chi connectivity index (χ2n) is 3.48. The number of hydrogen-bond donors (Lipinski definition) is 0. The van der Waals surface area contributed by atoms with Gasteiger partial charge in [-0.25, -0.2) is 4.98 Å². The minimum absolute atomic E-state index is 0.394. The van der Waals surface area contributed by atoms with Crippen molar-refractivity contribution in [2.75, 3.05) is 20.8 Å². The van der Waals surface area contributed by atoms with Crippen molar-refractivity contribution in [3.63, 3.8) is 0 Å². The molecule has 0 aliphatic carbocycles. The largest absolute Gasteiger partial charge is 0.497 e. The molecule has 0 atom stereocenters. The van der Waals surface area contributed by atoms with Crippen molar-refractivity contribution in [3.8, 4) is 28.9 Å². The van der Waals surface area contributed by atoms with E-state index in [1.165, 1.54) is 0 Å². The number of hydrogen-bond acceptors (Lipinski definition) is 5. The molecule has 0 spiro atoms. The van der Waals surface area contributed by atoms with Gasteiger partial charge in [0.15, 0.2) is 0 Å². The normalized spacial score (nSPS) is 10.2. The maximum Gasteiger partial charge on any atom is 0.305 e. The quantitative estimate of drug-likeness (QED) is 0.815. The number of aromatic nitrogens is 1. The van der Waals surface area contributed by atoms with Crippen LogP contribution in [0, 0.1) is 0 Å². The highest BCUT2D eigenvalue weighted by Gasteiger charge is 2.13. The fraction of sp³-hybridized carbons (Fsp3) is 0.308. The lowest BCUT2D eigenvalue weighted by molar-refractivity contribution is 0.260. The molecule has 1 aromatic heterocycles. The Kier molecular flexibility index (Phi) is 3.72. The number of methoxy groups -OCH3 is 2. The number of ether oxygens (including phenoxy) is 3.